The highest BCUT2D eigenvalue weighted by Crippen LogP contribution is 2.34. The molecule has 0 fully saturated rings. The molecule has 29 heavy (non-hydrogen) atoms. The number of carbonyl (C=O) groups excluding carboxylic acids is 3. The number of hydrogen-bond acceptors (Lipinski definition) is 3. The van der Waals surface area contributed by atoms with Gasteiger partial charge in [-0.25, -0.2) is 4.39 Å². The number of benzene rings is 2. The van der Waals surface area contributed by atoms with Crippen molar-refractivity contribution in [2.75, 3.05) is 16.8 Å². The first-order valence-corrected chi connectivity index (χ1v) is 9.72. The quantitative estimate of drug-likeness (QED) is 0.755. The van der Waals surface area contributed by atoms with Crippen LogP contribution in [0, 0.1) is 5.82 Å². The van der Waals surface area contributed by atoms with Crippen LogP contribution in [0.15, 0.2) is 42.5 Å². The topological polar surface area (TPSA) is 78.5 Å². The van der Waals surface area contributed by atoms with Crippen LogP contribution in [-0.2, 0) is 4.79 Å². The number of halogens is 1. The summed E-state index contributed by atoms with van der Waals surface area (Å²) >= 11 is 0. The van der Waals surface area contributed by atoms with Crippen molar-refractivity contribution in [2.45, 2.75) is 39.2 Å². The summed E-state index contributed by atoms with van der Waals surface area (Å²) in [5.74, 6) is -1.68. The Kier molecular flexibility index (Phi) is 6.26. The minimum Gasteiger partial charge on any atom is -0.352 e. The van der Waals surface area contributed by atoms with E-state index in [9.17, 15) is 18.8 Å². The fourth-order valence-corrected chi connectivity index (χ4v) is 3.34. The molecule has 0 saturated carbocycles. The summed E-state index contributed by atoms with van der Waals surface area (Å²) in [6.07, 6.45) is 1.90. The van der Waals surface area contributed by atoms with Crippen molar-refractivity contribution in [2.24, 2.45) is 0 Å². The van der Waals surface area contributed by atoms with Gasteiger partial charge in [0.05, 0.1) is 16.9 Å². The van der Waals surface area contributed by atoms with Gasteiger partial charge in [0.25, 0.3) is 11.8 Å². The third kappa shape index (κ3) is 4.45. The van der Waals surface area contributed by atoms with E-state index >= 15 is 0 Å². The number of fused-ring (bicyclic) bond motifs is 1. The number of amides is 3. The minimum absolute atomic E-state index is 0.0624. The minimum atomic E-state index is -0.623. The molecule has 0 spiro atoms. The molecule has 1 atom stereocenters. The van der Waals surface area contributed by atoms with Gasteiger partial charge in [-0.05, 0) is 43.7 Å². The number of nitrogens with one attached hydrogen (secondary N) is 2. The van der Waals surface area contributed by atoms with Gasteiger partial charge in [0, 0.05) is 24.6 Å². The molecule has 0 saturated heterocycles. The van der Waals surface area contributed by atoms with Gasteiger partial charge in [-0.3, -0.25) is 14.4 Å². The van der Waals surface area contributed by atoms with Crippen molar-refractivity contribution in [3.63, 3.8) is 0 Å². The van der Waals surface area contributed by atoms with Crippen LogP contribution in [0.4, 0.5) is 15.8 Å². The molecule has 2 N–H and O–H groups in total. The summed E-state index contributed by atoms with van der Waals surface area (Å²) < 4.78 is 14.2. The fourth-order valence-electron chi connectivity index (χ4n) is 3.34. The summed E-state index contributed by atoms with van der Waals surface area (Å²) in [4.78, 5) is 39.2. The lowest BCUT2D eigenvalue weighted by molar-refractivity contribution is -0.116. The second-order valence-electron chi connectivity index (χ2n) is 7.10. The number of unbranched alkanes of at least 4 members (excludes halogenated alkanes) is 1. The van der Waals surface area contributed by atoms with E-state index in [0.717, 1.165) is 12.8 Å². The molecule has 6 nitrogen and oxygen atoms in total. The molecule has 1 aliphatic rings. The predicted octanol–water partition coefficient (Wildman–Crippen LogP) is 3.73. The molecule has 0 bridgehead atoms. The van der Waals surface area contributed by atoms with Gasteiger partial charge in [-0.15, -0.1) is 0 Å². The fraction of sp³-hybridized carbons (Fsp3) is 0.318. The van der Waals surface area contributed by atoms with Crippen LogP contribution in [0.5, 0.6) is 0 Å². The first-order valence-electron chi connectivity index (χ1n) is 9.72. The Labute approximate surface area is 169 Å². The van der Waals surface area contributed by atoms with E-state index in [0.29, 0.717) is 23.5 Å². The van der Waals surface area contributed by atoms with E-state index in [1.165, 1.54) is 23.1 Å². The van der Waals surface area contributed by atoms with Gasteiger partial charge < -0.3 is 15.5 Å². The molecule has 2 aromatic rings. The van der Waals surface area contributed by atoms with E-state index < -0.39 is 17.8 Å². The Hall–Kier alpha value is -3.22. The lowest BCUT2D eigenvalue weighted by Gasteiger charge is -2.28. The monoisotopic (exact) mass is 397 g/mol. The second-order valence-corrected chi connectivity index (χ2v) is 7.10. The Morgan fingerprint density at radius 1 is 1.24 bits per heavy atom. The molecule has 1 unspecified atom stereocenters. The predicted molar refractivity (Wildman–Crippen MR) is 110 cm³/mol. The van der Waals surface area contributed by atoms with E-state index in [1.54, 1.807) is 31.2 Å². The van der Waals surface area contributed by atoms with Crippen molar-refractivity contribution < 1.29 is 18.8 Å². The van der Waals surface area contributed by atoms with Crippen molar-refractivity contribution >= 4 is 29.1 Å². The molecule has 0 aliphatic carbocycles. The van der Waals surface area contributed by atoms with Crippen LogP contribution in [0.3, 0.4) is 0 Å². The van der Waals surface area contributed by atoms with E-state index in [2.05, 4.69) is 10.6 Å². The van der Waals surface area contributed by atoms with Crippen molar-refractivity contribution in [3.05, 3.63) is 59.4 Å². The number of rotatable bonds is 5. The normalized spacial score (nSPS) is 15.9. The number of carbonyl (C=O) groups is 3. The van der Waals surface area contributed by atoms with Crippen LogP contribution in [0.25, 0.3) is 0 Å². The van der Waals surface area contributed by atoms with Crippen molar-refractivity contribution in [1.29, 1.82) is 0 Å². The van der Waals surface area contributed by atoms with Gasteiger partial charge in [-0.1, -0.05) is 25.5 Å². The van der Waals surface area contributed by atoms with Crippen LogP contribution in [0.1, 0.15) is 53.8 Å². The summed E-state index contributed by atoms with van der Waals surface area (Å²) in [7, 11) is 0. The molecule has 1 aliphatic heterocycles. The third-order valence-electron chi connectivity index (χ3n) is 4.85. The first kappa shape index (κ1) is 20.5. The van der Waals surface area contributed by atoms with E-state index in [1.807, 2.05) is 6.92 Å². The highest BCUT2D eigenvalue weighted by atomic mass is 19.1. The number of hydrogen-bond donors (Lipinski definition) is 2. The number of anilines is 2. The molecule has 2 aromatic carbocycles. The highest BCUT2D eigenvalue weighted by molar-refractivity contribution is 6.12. The van der Waals surface area contributed by atoms with Crippen molar-refractivity contribution in [3.8, 4) is 0 Å². The lowest BCUT2D eigenvalue weighted by atomic mass is 10.1. The summed E-state index contributed by atoms with van der Waals surface area (Å²) in [5, 5.41) is 5.59. The van der Waals surface area contributed by atoms with Gasteiger partial charge in [0.1, 0.15) is 5.82 Å². The smallest absolute Gasteiger partial charge is 0.261 e. The van der Waals surface area contributed by atoms with Gasteiger partial charge in [-0.2, -0.15) is 0 Å². The lowest BCUT2D eigenvalue weighted by Crippen LogP contribution is -2.39. The SMILES string of the molecule is CCCCNC(=O)c1ccc2c(c1)NC(=O)CC(C)N2C(=O)c1ccccc1F. The molecule has 0 radical (unpaired) electrons. The molecule has 3 rings (SSSR count). The molecular weight excluding hydrogens is 373 g/mol. The Morgan fingerprint density at radius 3 is 2.72 bits per heavy atom. The standard InChI is InChI=1S/C22H24FN3O3/c1-3-4-11-24-21(28)15-9-10-19-18(13-15)25-20(27)12-14(2)26(19)22(29)16-7-5-6-8-17(16)23/h5-10,13-14H,3-4,11-12H2,1-2H3,(H,24,28)(H,25,27). The maximum Gasteiger partial charge on any atom is 0.261 e. The van der Waals surface area contributed by atoms with E-state index in [4.69, 9.17) is 0 Å². The summed E-state index contributed by atoms with van der Waals surface area (Å²) in [6.45, 7) is 4.33. The third-order valence-corrected chi connectivity index (χ3v) is 4.85. The van der Waals surface area contributed by atoms with Gasteiger partial charge in [0.15, 0.2) is 0 Å². The highest BCUT2D eigenvalue weighted by Gasteiger charge is 2.32. The molecule has 1 heterocycles. The van der Waals surface area contributed by atoms with E-state index in [-0.39, 0.29) is 23.8 Å². The van der Waals surface area contributed by atoms with Crippen molar-refractivity contribution in [1.82, 2.24) is 5.32 Å². The Morgan fingerprint density at radius 2 is 2.00 bits per heavy atom. The summed E-state index contributed by atoms with van der Waals surface area (Å²) in [5.41, 5.74) is 1.10. The van der Waals surface area contributed by atoms with Crippen LogP contribution >= 0.6 is 0 Å². The maximum atomic E-state index is 14.2. The molecular formula is C22H24FN3O3. The van der Waals surface area contributed by atoms with Gasteiger partial charge >= 0.3 is 0 Å². The zero-order chi connectivity index (χ0) is 21.0. The summed E-state index contributed by atoms with van der Waals surface area (Å²) in [6, 6.07) is 10.0. The second kappa shape index (κ2) is 8.86. The largest absolute Gasteiger partial charge is 0.352 e. The first-order chi connectivity index (χ1) is 13.9. The van der Waals surface area contributed by atoms with Crippen LogP contribution in [-0.4, -0.2) is 30.3 Å². The van der Waals surface area contributed by atoms with Crippen LogP contribution < -0.4 is 15.5 Å². The zero-order valence-electron chi connectivity index (χ0n) is 16.5. The molecule has 3 amide bonds. The van der Waals surface area contributed by atoms with Crippen LogP contribution in [0.2, 0.25) is 0 Å². The Bertz CT molecular complexity index is 945. The zero-order valence-corrected chi connectivity index (χ0v) is 16.5. The van der Waals surface area contributed by atoms with Gasteiger partial charge in [0.2, 0.25) is 5.91 Å². The number of nitrogens with zero attached hydrogens (tertiary/aromatic N) is 1. The molecule has 0 aromatic heterocycles. The Balaban J connectivity index is 1.98. The maximum absolute atomic E-state index is 14.2. The average molecular weight is 397 g/mol. The average Bonchev–Trinajstić information content (AvgIpc) is 2.81. The molecule has 7 heteroatoms. The molecule has 152 valence electrons.